The van der Waals surface area contributed by atoms with Crippen LogP contribution < -0.4 is 4.74 Å². The smallest absolute Gasteiger partial charge is 0.257 e. The zero-order valence-electron chi connectivity index (χ0n) is 12.0. The molecule has 0 aliphatic rings. The van der Waals surface area contributed by atoms with Crippen LogP contribution in [0.25, 0.3) is 0 Å². The summed E-state index contributed by atoms with van der Waals surface area (Å²) < 4.78 is 5.36. The standard InChI is InChI=1S/C15H23NO2/c1-6-7-8-16(4)15(17)13-10-11(2)9-12(3)14(13)18-5/h9-10H,6-8H2,1-5H3. The predicted molar refractivity (Wildman–Crippen MR) is 74.3 cm³/mol. The van der Waals surface area contributed by atoms with Crippen LogP contribution in [0.1, 0.15) is 41.3 Å². The van der Waals surface area contributed by atoms with Crippen molar-refractivity contribution in [1.82, 2.24) is 4.90 Å². The quantitative estimate of drug-likeness (QED) is 0.802. The summed E-state index contributed by atoms with van der Waals surface area (Å²) in [4.78, 5) is 14.1. The van der Waals surface area contributed by atoms with Gasteiger partial charge in [-0.2, -0.15) is 0 Å². The molecule has 0 atom stereocenters. The summed E-state index contributed by atoms with van der Waals surface area (Å²) in [5, 5.41) is 0. The number of hydrogen-bond donors (Lipinski definition) is 0. The summed E-state index contributed by atoms with van der Waals surface area (Å²) in [5.74, 6) is 0.723. The minimum atomic E-state index is 0.0344. The Bertz CT molecular complexity index is 427. The molecule has 0 heterocycles. The summed E-state index contributed by atoms with van der Waals surface area (Å²) >= 11 is 0. The molecule has 1 aromatic rings. The Morgan fingerprint density at radius 3 is 2.56 bits per heavy atom. The Balaban J connectivity index is 3.04. The molecule has 1 rings (SSSR count). The molecule has 0 saturated carbocycles. The average Bonchev–Trinajstić information content (AvgIpc) is 2.34. The Hall–Kier alpha value is -1.51. The first-order valence-corrected chi connectivity index (χ1v) is 6.42. The molecule has 0 bridgehead atoms. The Morgan fingerprint density at radius 2 is 2.00 bits per heavy atom. The van der Waals surface area contributed by atoms with Crippen LogP contribution in [0.4, 0.5) is 0 Å². The fraction of sp³-hybridized carbons (Fsp3) is 0.533. The van der Waals surface area contributed by atoms with Gasteiger partial charge in [-0.1, -0.05) is 19.4 Å². The lowest BCUT2D eigenvalue weighted by Gasteiger charge is -2.19. The summed E-state index contributed by atoms with van der Waals surface area (Å²) in [6.07, 6.45) is 2.11. The van der Waals surface area contributed by atoms with Gasteiger partial charge in [-0.05, 0) is 37.5 Å². The highest BCUT2D eigenvalue weighted by Gasteiger charge is 2.18. The lowest BCUT2D eigenvalue weighted by Crippen LogP contribution is -2.28. The first-order valence-electron chi connectivity index (χ1n) is 6.42. The fourth-order valence-electron chi connectivity index (χ4n) is 2.09. The number of methoxy groups -OCH3 is 1. The van der Waals surface area contributed by atoms with Crippen LogP contribution in [0.5, 0.6) is 5.75 Å². The first-order chi connectivity index (χ1) is 8.51. The number of aryl methyl sites for hydroxylation is 2. The Kier molecular flexibility index (Phi) is 5.20. The first kappa shape index (κ1) is 14.6. The van der Waals surface area contributed by atoms with E-state index in [0.717, 1.165) is 30.5 Å². The van der Waals surface area contributed by atoms with Crippen molar-refractivity contribution in [3.05, 3.63) is 28.8 Å². The van der Waals surface area contributed by atoms with Crippen molar-refractivity contribution in [1.29, 1.82) is 0 Å². The SMILES string of the molecule is CCCCN(C)C(=O)c1cc(C)cc(C)c1OC. The number of carbonyl (C=O) groups excluding carboxylic acids is 1. The minimum absolute atomic E-state index is 0.0344. The van der Waals surface area contributed by atoms with Gasteiger partial charge >= 0.3 is 0 Å². The van der Waals surface area contributed by atoms with Gasteiger partial charge in [0.25, 0.3) is 5.91 Å². The second-order valence-corrected chi connectivity index (χ2v) is 4.74. The van der Waals surface area contributed by atoms with Gasteiger partial charge in [-0.15, -0.1) is 0 Å². The van der Waals surface area contributed by atoms with Gasteiger partial charge in [-0.3, -0.25) is 4.79 Å². The normalized spacial score (nSPS) is 10.3. The molecule has 0 aliphatic heterocycles. The topological polar surface area (TPSA) is 29.5 Å². The number of unbranched alkanes of at least 4 members (excludes halogenated alkanes) is 1. The highest BCUT2D eigenvalue weighted by Crippen LogP contribution is 2.26. The second-order valence-electron chi connectivity index (χ2n) is 4.74. The third-order valence-corrected chi connectivity index (χ3v) is 3.05. The second kappa shape index (κ2) is 6.43. The maximum atomic E-state index is 12.4. The molecule has 1 aromatic carbocycles. The molecule has 0 unspecified atom stereocenters. The van der Waals surface area contributed by atoms with Crippen LogP contribution in [0.3, 0.4) is 0 Å². The van der Waals surface area contributed by atoms with Crippen LogP contribution >= 0.6 is 0 Å². The van der Waals surface area contributed by atoms with Gasteiger partial charge in [-0.25, -0.2) is 0 Å². The van der Waals surface area contributed by atoms with Crippen molar-refractivity contribution < 1.29 is 9.53 Å². The molecular weight excluding hydrogens is 226 g/mol. The molecule has 3 heteroatoms. The minimum Gasteiger partial charge on any atom is -0.496 e. The molecule has 0 saturated heterocycles. The lowest BCUT2D eigenvalue weighted by molar-refractivity contribution is 0.0789. The van der Waals surface area contributed by atoms with E-state index in [0.29, 0.717) is 11.3 Å². The zero-order valence-corrected chi connectivity index (χ0v) is 12.0. The average molecular weight is 249 g/mol. The van der Waals surface area contributed by atoms with E-state index in [2.05, 4.69) is 6.92 Å². The highest BCUT2D eigenvalue weighted by molar-refractivity contribution is 5.97. The summed E-state index contributed by atoms with van der Waals surface area (Å²) in [5.41, 5.74) is 2.75. The molecule has 18 heavy (non-hydrogen) atoms. The molecular formula is C15H23NO2. The van der Waals surface area contributed by atoms with Crippen molar-refractivity contribution in [2.45, 2.75) is 33.6 Å². The third-order valence-electron chi connectivity index (χ3n) is 3.05. The van der Waals surface area contributed by atoms with E-state index >= 15 is 0 Å². The molecule has 1 amide bonds. The van der Waals surface area contributed by atoms with E-state index in [4.69, 9.17) is 4.74 Å². The number of nitrogens with zero attached hydrogens (tertiary/aromatic N) is 1. The van der Waals surface area contributed by atoms with Crippen LogP contribution in [0.15, 0.2) is 12.1 Å². The number of hydrogen-bond acceptors (Lipinski definition) is 2. The van der Waals surface area contributed by atoms with Gasteiger partial charge in [0.15, 0.2) is 0 Å². The van der Waals surface area contributed by atoms with Crippen LogP contribution in [0.2, 0.25) is 0 Å². The maximum absolute atomic E-state index is 12.4. The number of benzene rings is 1. The summed E-state index contributed by atoms with van der Waals surface area (Å²) in [6.45, 7) is 6.87. The van der Waals surface area contributed by atoms with E-state index in [1.165, 1.54) is 0 Å². The molecule has 0 aromatic heterocycles. The van der Waals surface area contributed by atoms with E-state index < -0.39 is 0 Å². The van der Waals surface area contributed by atoms with Gasteiger partial charge in [0.2, 0.25) is 0 Å². The predicted octanol–water partition coefficient (Wildman–Crippen LogP) is 3.18. The molecule has 0 fully saturated rings. The van der Waals surface area contributed by atoms with Crippen molar-refractivity contribution >= 4 is 5.91 Å². The Labute approximate surface area is 110 Å². The van der Waals surface area contributed by atoms with E-state index in [1.54, 1.807) is 12.0 Å². The van der Waals surface area contributed by atoms with E-state index in [-0.39, 0.29) is 5.91 Å². The fourth-order valence-corrected chi connectivity index (χ4v) is 2.09. The van der Waals surface area contributed by atoms with Crippen molar-refractivity contribution in [3.63, 3.8) is 0 Å². The molecule has 3 nitrogen and oxygen atoms in total. The third kappa shape index (κ3) is 3.25. The molecule has 0 aliphatic carbocycles. The van der Waals surface area contributed by atoms with Gasteiger partial charge in [0.05, 0.1) is 12.7 Å². The molecule has 0 radical (unpaired) electrons. The Morgan fingerprint density at radius 1 is 1.33 bits per heavy atom. The van der Waals surface area contributed by atoms with Crippen molar-refractivity contribution in [2.24, 2.45) is 0 Å². The number of ether oxygens (including phenoxy) is 1. The van der Waals surface area contributed by atoms with Crippen LogP contribution in [-0.2, 0) is 0 Å². The van der Waals surface area contributed by atoms with Gasteiger partial charge < -0.3 is 9.64 Å². The van der Waals surface area contributed by atoms with Gasteiger partial charge in [0, 0.05) is 13.6 Å². The van der Waals surface area contributed by atoms with Crippen molar-refractivity contribution in [2.75, 3.05) is 20.7 Å². The number of rotatable bonds is 5. The maximum Gasteiger partial charge on any atom is 0.257 e. The summed E-state index contributed by atoms with van der Waals surface area (Å²) in [6, 6.07) is 3.93. The molecule has 100 valence electrons. The van der Waals surface area contributed by atoms with Crippen molar-refractivity contribution in [3.8, 4) is 5.75 Å². The van der Waals surface area contributed by atoms with Gasteiger partial charge in [0.1, 0.15) is 5.75 Å². The largest absolute Gasteiger partial charge is 0.496 e. The monoisotopic (exact) mass is 249 g/mol. The summed E-state index contributed by atoms with van der Waals surface area (Å²) in [7, 11) is 3.45. The molecule has 0 N–H and O–H groups in total. The lowest BCUT2D eigenvalue weighted by atomic mass is 10.0. The highest BCUT2D eigenvalue weighted by atomic mass is 16.5. The van der Waals surface area contributed by atoms with Crippen LogP contribution in [-0.4, -0.2) is 31.5 Å². The number of carbonyl (C=O) groups is 1. The number of amides is 1. The zero-order chi connectivity index (χ0) is 13.7. The van der Waals surface area contributed by atoms with Crippen LogP contribution in [0, 0.1) is 13.8 Å². The molecule has 0 spiro atoms. The van der Waals surface area contributed by atoms with E-state index in [1.807, 2.05) is 33.0 Å². The van der Waals surface area contributed by atoms with E-state index in [9.17, 15) is 4.79 Å².